The zero-order chi connectivity index (χ0) is 22.8. The number of aromatic nitrogens is 1. The number of likely N-dealkylation sites (tertiary alicyclic amines) is 1. The second kappa shape index (κ2) is 6.99. The van der Waals surface area contributed by atoms with Crippen molar-refractivity contribution in [3.8, 4) is 17.6 Å². The highest BCUT2D eigenvalue weighted by Gasteiger charge is 2.69. The summed E-state index contributed by atoms with van der Waals surface area (Å²) in [7, 11) is 0. The first-order chi connectivity index (χ1) is 15.8. The molecule has 1 saturated heterocycles. The molecule has 2 aliphatic heterocycles. The molecule has 170 valence electrons. The van der Waals surface area contributed by atoms with Crippen molar-refractivity contribution >= 4 is 5.91 Å². The molecule has 1 amide bonds. The lowest BCUT2D eigenvalue weighted by molar-refractivity contribution is -0.220. The summed E-state index contributed by atoms with van der Waals surface area (Å²) in [5.41, 5.74) is -0.248. The van der Waals surface area contributed by atoms with E-state index in [1.165, 1.54) is 0 Å². The van der Waals surface area contributed by atoms with Gasteiger partial charge in [-0.25, -0.2) is 0 Å². The van der Waals surface area contributed by atoms with Gasteiger partial charge in [-0.15, -0.1) is 0 Å². The van der Waals surface area contributed by atoms with Crippen molar-refractivity contribution in [3.63, 3.8) is 0 Å². The van der Waals surface area contributed by atoms with E-state index < -0.39 is 17.0 Å². The van der Waals surface area contributed by atoms with Gasteiger partial charge in [0, 0.05) is 29.9 Å². The van der Waals surface area contributed by atoms with Crippen LogP contribution < -0.4 is 4.74 Å². The van der Waals surface area contributed by atoms with Crippen molar-refractivity contribution in [1.29, 1.82) is 0 Å². The molecule has 3 heterocycles. The van der Waals surface area contributed by atoms with Crippen LogP contribution in [0.25, 0.3) is 0 Å². The Morgan fingerprint density at radius 1 is 1.09 bits per heavy atom. The number of ether oxygens (including phenoxy) is 1. The number of amides is 1. The second-order valence-electron chi connectivity index (χ2n) is 9.91. The second-order valence-corrected chi connectivity index (χ2v) is 9.91. The zero-order valence-electron chi connectivity index (χ0n) is 18.0. The molecule has 4 nitrogen and oxygen atoms in total. The predicted octanol–water partition coefficient (Wildman–Crippen LogP) is 5.03. The highest BCUT2D eigenvalue weighted by Crippen LogP contribution is 2.68. The fraction of sp³-hybridized carbons (Fsp3) is 0.462. The van der Waals surface area contributed by atoms with Gasteiger partial charge in [0.2, 0.25) is 5.91 Å². The van der Waals surface area contributed by atoms with Gasteiger partial charge in [-0.3, -0.25) is 9.78 Å². The molecule has 0 radical (unpaired) electrons. The van der Waals surface area contributed by atoms with E-state index in [-0.39, 0.29) is 37.3 Å². The van der Waals surface area contributed by atoms with Gasteiger partial charge in [0.25, 0.3) is 0 Å². The standard InChI is InChI=1S/C26H23F3N2O2/c27-26(28,29)25-10-8-24(16-25,9-11-25)23(32)31-15-19-12-21(31)20-14-30-13-18(22(20)33-19)7-6-17-4-2-1-3-5-17/h1-5,13-14,19,21H,8-12,15-16H2/t19-,21-,24?,25?/m0/s1. The molecule has 2 aromatic rings. The first-order valence-electron chi connectivity index (χ1n) is 11.4. The third-order valence-electron chi connectivity index (χ3n) is 8.10. The zero-order valence-corrected chi connectivity index (χ0v) is 18.0. The van der Waals surface area contributed by atoms with Crippen LogP contribution in [0.1, 0.15) is 61.3 Å². The molecule has 0 unspecified atom stereocenters. The van der Waals surface area contributed by atoms with Crippen molar-refractivity contribution in [2.45, 2.75) is 56.8 Å². The molecule has 7 heteroatoms. The van der Waals surface area contributed by atoms with Gasteiger partial charge < -0.3 is 9.64 Å². The largest absolute Gasteiger partial charge is 0.487 e. The van der Waals surface area contributed by atoms with Crippen LogP contribution in [0, 0.1) is 22.7 Å². The van der Waals surface area contributed by atoms with Crippen LogP contribution >= 0.6 is 0 Å². The molecule has 1 aromatic heterocycles. The molecule has 2 atom stereocenters. The van der Waals surface area contributed by atoms with E-state index in [2.05, 4.69) is 16.8 Å². The first-order valence-corrected chi connectivity index (χ1v) is 11.4. The number of halogens is 3. The monoisotopic (exact) mass is 452 g/mol. The van der Waals surface area contributed by atoms with Crippen molar-refractivity contribution < 1.29 is 22.7 Å². The number of carbonyl (C=O) groups excluding carboxylic acids is 1. The van der Waals surface area contributed by atoms with Gasteiger partial charge in [0.1, 0.15) is 11.9 Å². The predicted molar refractivity (Wildman–Crippen MR) is 114 cm³/mol. The quantitative estimate of drug-likeness (QED) is 0.570. The molecule has 1 aromatic carbocycles. The van der Waals surface area contributed by atoms with E-state index in [1.807, 2.05) is 30.3 Å². The van der Waals surface area contributed by atoms with Crippen LogP contribution in [0.15, 0.2) is 42.7 Å². The summed E-state index contributed by atoms with van der Waals surface area (Å²) in [6.07, 6.45) is 0.224. The number of fused-ring (bicyclic) bond motifs is 6. The number of benzene rings is 1. The Labute approximate surface area is 190 Å². The minimum Gasteiger partial charge on any atom is -0.487 e. The lowest BCUT2D eigenvalue weighted by Gasteiger charge is -2.34. The summed E-state index contributed by atoms with van der Waals surface area (Å²) in [5, 5.41) is 0. The summed E-state index contributed by atoms with van der Waals surface area (Å²) >= 11 is 0. The van der Waals surface area contributed by atoms with Crippen LogP contribution in [0.3, 0.4) is 0 Å². The lowest BCUT2D eigenvalue weighted by Crippen LogP contribution is -2.41. The Balaban J connectivity index is 1.30. The summed E-state index contributed by atoms with van der Waals surface area (Å²) in [4.78, 5) is 19.8. The molecule has 2 saturated carbocycles. The summed E-state index contributed by atoms with van der Waals surface area (Å²) < 4.78 is 47.4. The maximum atomic E-state index is 13.7. The van der Waals surface area contributed by atoms with Gasteiger partial charge in [-0.05, 0) is 44.2 Å². The molecule has 3 fully saturated rings. The van der Waals surface area contributed by atoms with Gasteiger partial charge in [-0.2, -0.15) is 13.2 Å². The molecule has 0 N–H and O–H groups in total. The van der Waals surface area contributed by atoms with E-state index in [0.717, 1.165) is 11.1 Å². The summed E-state index contributed by atoms with van der Waals surface area (Å²) in [5.74, 6) is 6.76. The van der Waals surface area contributed by atoms with Crippen LogP contribution in [0.2, 0.25) is 0 Å². The van der Waals surface area contributed by atoms with Crippen LogP contribution in [-0.4, -0.2) is 34.6 Å². The summed E-state index contributed by atoms with van der Waals surface area (Å²) in [6, 6.07) is 9.38. The Bertz CT molecular complexity index is 1170. The van der Waals surface area contributed by atoms with Gasteiger partial charge in [-0.1, -0.05) is 30.0 Å². The molecule has 2 aliphatic carbocycles. The Kier molecular flexibility index (Phi) is 4.36. The Morgan fingerprint density at radius 2 is 1.85 bits per heavy atom. The van der Waals surface area contributed by atoms with Crippen LogP contribution in [-0.2, 0) is 4.79 Å². The van der Waals surface area contributed by atoms with E-state index in [9.17, 15) is 18.0 Å². The lowest BCUT2D eigenvalue weighted by atomic mass is 9.81. The average molecular weight is 452 g/mol. The molecular weight excluding hydrogens is 429 g/mol. The summed E-state index contributed by atoms with van der Waals surface area (Å²) in [6.45, 7) is 0.393. The SMILES string of the molecule is O=C(N1C[C@@H]2C[C@H]1c1cncc(C#Cc3ccccc3)c1O2)C12CCC(C(F)(F)F)(CC1)C2. The van der Waals surface area contributed by atoms with Gasteiger partial charge in [0.15, 0.2) is 0 Å². The van der Waals surface area contributed by atoms with Gasteiger partial charge >= 0.3 is 6.18 Å². The van der Waals surface area contributed by atoms with Crippen molar-refractivity contribution in [2.24, 2.45) is 10.8 Å². The number of carbonyl (C=O) groups is 1. The average Bonchev–Trinajstić information content (AvgIpc) is 3.50. The number of hydrogen-bond donors (Lipinski definition) is 0. The number of pyridine rings is 1. The van der Waals surface area contributed by atoms with Gasteiger partial charge in [0.05, 0.1) is 29.0 Å². The fourth-order valence-corrected chi connectivity index (χ4v) is 6.34. The third-order valence-corrected chi connectivity index (χ3v) is 8.10. The molecule has 4 aliphatic rings. The topological polar surface area (TPSA) is 42.4 Å². The fourth-order valence-electron chi connectivity index (χ4n) is 6.34. The van der Waals surface area contributed by atoms with E-state index in [1.54, 1.807) is 17.3 Å². The van der Waals surface area contributed by atoms with Crippen LogP contribution in [0.4, 0.5) is 13.2 Å². The van der Waals surface area contributed by atoms with Crippen molar-refractivity contribution in [1.82, 2.24) is 9.88 Å². The molecular formula is C26H23F3N2O2. The molecule has 33 heavy (non-hydrogen) atoms. The highest BCUT2D eigenvalue weighted by atomic mass is 19.4. The van der Waals surface area contributed by atoms with Crippen molar-refractivity contribution in [3.05, 3.63) is 59.4 Å². The Hall–Kier alpha value is -3.01. The number of hydrogen-bond acceptors (Lipinski definition) is 3. The molecule has 0 spiro atoms. The van der Waals surface area contributed by atoms with Crippen LogP contribution in [0.5, 0.6) is 5.75 Å². The number of alkyl halides is 3. The molecule has 4 bridgehead atoms. The minimum atomic E-state index is -4.25. The number of rotatable bonds is 1. The maximum absolute atomic E-state index is 13.7. The Morgan fingerprint density at radius 3 is 2.55 bits per heavy atom. The van der Waals surface area contributed by atoms with E-state index >= 15 is 0 Å². The third kappa shape index (κ3) is 3.07. The highest BCUT2D eigenvalue weighted by molar-refractivity contribution is 5.85. The minimum absolute atomic E-state index is 0.0536. The van der Waals surface area contributed by atoms with E-state index in [4.69, 9.17) is 4.74 Å². The number of nitrogens with zero attached hydrogens (tertiary/aromatic N) is 2. The van der Waals surface area contributed by atoms with E-state index in [0.29, 0.717) is 37.1 Å². The first kappa shape index (κ1) is 20.6. The maximum Gasteiger partial charge on any atom is 0.394 e. The normalized spacial score (nSPS) is 31.5. The van der Waals surface area contributed by atoms with Crippen molar-refractivity contribution in [2.75, 3.05) is 6.54 Å². The smallest absolute Gasteiger partial charge is 0.394 e. The molecule has 6 rings (SSSR count).